The van der Waals surface area contributed by atoms with Gasteiger partial charge in [-0.25, -0.2) is 4.79 Å². The molecule has 7 aliphatic rings. The molecule has 7 heteroatoms. The Morgan fingerprint density at radius 3 is 2.46 bits per heavy atom. The third kappa shape index (κ3) is 1.89. The molecule has 26 heavy (non-hydrogen) atoms. The Morgan fingerprint density at radius 1 is 1.08 bits per heavy atom. The molecule has 7 rings (SSSR count). The predicted octanol–water partition coefficient (Wildman–Crippen LogP) is 1.53. The van der Waals surface area contributed by atoms with Crippen molar-refractivity contribution in [1.82, 2.24) is 0 Å². The van der Waals surface area contributed by atoms with Gasteiger partial charge in [0.25, 0.3) is 0 Å². The summed E-state index contributed by atoms with van der Waals surface area (Å²) in [5.74, 6) is -0.137. The molecule has 7 nitrogen and oxygen atoms in total. The van der Waals surface area contributed by atoms with Crippen LogP contribution in [0.3, 0.4) is 0 Å². The van der Waals surface area contributed by atoms with E-state index in [1.54, 1.807) is 0 Å². The molecule has 1 spiro atoms. The highest BCUT2D eigenvalue weighted by molar-refractivity contribution is 5.81. The summed E-state index contributed by atoms with van der Waals surface area (Å²) in [6.07, 6.45) is 2.65. The van der Waals surface area contributed by atoms with E-state index in [0.29, 0.717) is 17.3 Å². The second kappa shape index (κ2) is 4.80. The molecule has 142 valence electrons. The SMILES string of the molecule is CC(=O)OC1C(=O)OC2C3OC4(OC3OC12)C1CC2C[C@H]4CC(C)(C2)C1. The van der Waals surface area contributed by atoms with E-state index in [1.165, 1.54) is 13.3 Å². The maximum atomic E-state index is 12.1. The average Bonchev–Trinajstić information content (AvgIpc) is 3.14. The van der Waals surface area contributed by atoms with Crippen LogP contribution in [0.1, 0.15) is 46.0 Å². The van der Waals surface area contributed by atoms with Crippen LogP contribution in [0.15, 0.2) is 0 Å². The van der Waals surface area contributed by atoms with Crippen LogP contribution in [0.25, 0.3) is 0 Å². The number of carbonyl (C=O) groups is 2. The lowest BCUT2D eigenvalue weighted by atomic mass is 9.48. The molecular weight excluding hydrogens is 340 g/mol. The van der Waals surface area contributed by atoms with Crippen LogP contribution < -0.4 is 0 Å². The normalized spacial score (nSPS) is 58.8. The van der Waals surface area contributed by atoms with Crippen molar-refractivity contribution in [2.45, 2.75) is 82.4 Å². The topological polar surface area (TPSA) is 80.3 Å². The van der Waals surface area contributed by atoms with Gasteiger partial charge in [-0.05, 0) is 43.4 Å². The Bertz CT molecular complexity index is 673. The molecule has 3 aliphatic heterocycles. The first-order valence-corrected chi connectivity index (χ1v) is 9.76. The molecule has 0 aromatic heterocycles. The lowest BCUT2D eigenvalue weighted by Gasteiger charge is -2.62. The minimum absolute atomic E-state index is 0.382. The zero-order chi connectivity index (χ0) is 17.8. The number of hydrogen-bond acceptors (Lipinski definition) is 7. The van der Waals surface area contributed by atoms with Crippen molar-refractivity contribution in [2.24, 2.45) is 23.2 Å². The second-order valence-corrected chi connectivity index (χ2v) is 9.48. The van der Waals surface area contributed by atoms with Gasteiger partial charge in [-0.2, -0.15) is 0 Å². The van der Waals surface area contributed by atoms with Crippen molar-refractivity contribution in [2.75, 3.05) is 0 Å². The molecule has 0 aromatic rings. The van der Waals surface area contributed by atoms with E-state index in [0.717, 1.165) is 31.6 Å². The number of ether oxygens (including phenoxy) is 5. The molecule has 3 heterocycles. The smallest absolute Gasteiger partial charge is 0.350 e. The minimum Gasteiger partial charge on any atom is -0.454 e. The van der Waals surface area contributed by atoms with Crippen LogP contribution in [-0.2, 0) is 33.3 Å². The third-order valence-electron chi connectivity index (χ3n) is 7.54. The van der Waals surface area contributed by atoms with Crippen LogP contribution in [0, 0.1) is 23.2 Å². The fourth-order valence-corrected chi connectivity index (χ4v) is 7.00. The lowest BCUT2D eigenvalue weighted by molar-refractivity contribution is -0.333. The molecule has 3 saturated heterocycles. The zero-order valence-corrected chi connectivity index (χ0v) is 15.0. The van der Waals surface area contributed by atoms with Gasteiger partial charge in [-0.15, -0.1) is 0 Å². The summed E-state index contributed by atoms with van der Waals surface area (Å²) in [7, 11) is 0. The van der Waals surface area contributed by atoms with Crippen LogP contribution in [0.2, 0.25) is 0 Å². The molecule has 0 aromatic carbocycles. The first kappa shape index (κ1) is 15.8. The van der Waals surface area contributed by atoms with E-state index < -0.39 is 48.4 Å². The van der Waals surface area contributed by atoms with E-state index in [2.05, 4.69) is 6.92 Å². The van der Waals surface area contributed by atoms with Gasteiger partial charge in [0, 0.05) is 18.8 Å². The summed E-state index contributed by atoms with van der Waals surface area (Å²) >= 11 is 0. The van der Waals surface area contributed by atoms with Gasteiger partial charge in [0.2, 0.25) is 6.10 Å². The van der Waals surface area contributed by atoms with Gasteiger partial charge in [0.15, 0.2) is 24.3 Å². The molecule has 4 bridgehead atoms. The van der Waals surface area contributed by atoms with Gasteiger partial charge in [0.05, 0.1) is 0 Å². The van der Waals surface area contributed by atoms with Crippen molar-refractivity contribution >= 4 is 11.9 Å². The summed E-state index contributed by atoms with van der Waals surface area (Å²) in [6.45, 7) is 3.67. The predicted molar refractivity (Wildman–Crippen MR) is 84.4 cm³/mol. The summed E-state index contributed by atoms with van der Waals surface area (Å²) in [6, 6.07) is 0. The Labute approximate surface area is 151 Å². The van der Waals surface area contributed by atoms with Gasteiger partial charge < -0.3 is 23.7 Å². The second-order valence-electron chi connectivity index (χ2n) is 9.48. The molecule has 4 saturated carbocycles. The molecule has 0 radical (unpaired) electrons. The Morgan fingerprint density at radius 2 is 1.81 bits per heavy atom. The van der Waals surface area contributed by atoms with E-state index in [-0.39, 0.29) is 0 Å². The average molecular weight is 364 g/mol. The van der Waals surface area contributed by atoms with E-state index in [9.17, 15) is 9.59 Å². The highest BCUT2D eigenvalue weighted by Gasteiger charge is 2.72. The van der Waals surface area contributed by atoms with Crippen molar-refractivity contribution in [1.29, 1.82) is 0 Å². The Hall–Kier alpha value is -1.18. The van der Waals surface area contributed by atoms with Crippen molar-refractivity contribution in [3.63, 3.8) is 0 Å². The monoisotopic (exact) mass is 364 g/mol. The van der Waals surface area contributed by atoms with E-state index in [1.807, 2.05) is 0 Å². The molecule has 4 aliphatic carbocycles. The minimum atomic E-state index is -1.02. The summed E-state index contributed by atoms with van der Waals surface area (Å²) in [4.78, 5) is 23.4. The highest BCUT2D eigenvalue weighted by atomic mass is 16.9. The Kier molecular flexibility index (Phi) is 2.93. The van der Waals surface area contributed by atoms with Crippen LogP contribution >= 0.6 is 0 Å². The van der Waals surface area contributed by atoms with Gasteiger partial charge in [0.1, 0.15) is 6.10 Å². The van der Waals surface area contributed by atoms with E-state index in [4.69, 9.17) is 23.7 Å². The largest absolute Gasteiger partial charge is 0.454 e. The summed E-state index contributed by atoms with van der Waals surface area (Å²) in [5.41, 5.74) is 0.413. The van der Waals surface area contributed by atoms with Crippen molar-refractivity contribution in [3.8, 4) is 0 Å². The number of hydrogen-bond donors (Lipinski definition) is 0. The number of fused-ring (bicyclic) bond motifs is 3. The number of rotatable bonds is 1. The molecule has 9 unspecified atom stereocenters. The zero-order valence-electron chi connectivity index (χ0n) is 15.0. The van der Waals surface area contributed by atoms with Crippen LogP contribution in [0.5, 0.6) is 0 Å². The lowest BCUT2D eigenvalue weighted by Crippen LogP contribution is -2.61. The van der Waals surface area contributed by atoms with Gasteiger partial charge in [-0.1, -0.05) is 6.92 Å². The maximum absolute atomic E-state index is 12.1. The first-order valence-electron chi connectivity index (χ1n) is 9.76. The quantitative estimate of drug-likeness (QED) is 0.653. The van der Waals surface area contributed by atoms with Crippen LogP contribution in [-0.4, -0.2) is 48.4 Å². The maximum Gasteiger partial charge on any atom is 0.350 e. The molecule has 0 amide bonds. The third-order valence-corrected chi connectivity index (χ3v) is 7.54. The van der Waals surface area contributed by atoms with Crippen LogP contribution in [0.4, 0.5) is 0 Å². The first-order chi connectivity index (χ1) is 12.4. The molecular formula is C19H24O7. The highest BCUT2D eigenvalue weighted by Crippen LogP contribution is 2.67. The number of carbonyl (C=O) groups excluding carboxylic acids is 2. The van der Waals surface area contributed by atoms with E-state index >= 15 is 0 Å². The summed E-state index contributed by atoms with van der Waals surface area (Å²) in [5, 5.41) is 0. The van der Waals surface area contributed by atoms with Crippen molar-refractivity contribution < 1.29 is 33.3 Å². The van der Waals surface area contributed by atoms with Gasteiger partial charge >= 0.3 is 11.9 Å². The van der Waals surface area contributed by atoms with Crippen molar-refractivity contribution in [3.05, 3.63) is 0 Å². The summed E-state index contributed by atoms with van der Waals surface area (Å²) < 4.78 is 29.5. The number of esters is 2. The standard InChI is InChI=1S/C19H24O7/c1-8(20)22-14-12-13(23-16(14)21)15-17(24-12)26-19(25-15)10-3-9-4-11(19)7-18(2,5-9)6-10/h9-15,17H,3-7H2,1-2H3/t9?,10-,11?,12?,13?,14?,15?,17?,18?,19?/m0/s1. The Balaban J connectivity index is 1.26. The fraction of sp³-hybridized carbons (Fsp3) is 0.895. The fourth-order valence-electron chi connectivity index (χ4n) is 7.00. The molecule has 7 fully saturated rings. The molecule has 0 N–H and O–H groups in total. The molecule has 10 atom stereocenters. The van der Waals surface area contributed by atoms with Gasteiger partial charge in [-0.3, -0.25) is 4.79 Å².